The van der Waals surface area contributed by atoms with Crippen molar-refractivity contribution < 1.29 is 9.84 Å². The molecule has 7 heteroatoms. The largest absolute Gasteiger partial charge is 0.494 e. The number of para-hydroxylation sites is 1. The van der Waals surface area contributed by atoms with E-state index in [9.17, 15) is 15.2 Å². The zero-order valence-corrected chi connectivity index (χ0v) is 17.8. The molecule has 158 valence electrons. The van der Waals surface area contributed by atoms with E-state index in [-0.39, 0.29) is 11.4 Å². The van der Waals surface area contributed by atoms with Crippen molar-refractivity contribution in [3.05, 3.63) is 56.9 Å². The standard InChI is InChI=1S/C23H28N4O3/c1-16(2)18-6-4-5-7-21(18)25-15-20-17(3)19(14-24)22(28)27(23(20)29)9-8-26-10-12-30-13-11-26/h4-7,15-16,29H,8-13H2,1-3H3. The normalized spacial score (nSPS) is 15.0. The van der Waals surface area contributed by atoms with Crippen molar-refractivity contribution in [2.24, 2.45) is 4.99 Å². The fourth-order valence-electron chi connectivity index (χ4n) is 3.63. The summed E-state index contributed by atoms with van der Waals surface area (Å²) in [7, 11) is 0. The highest BCUT2D eigenvalue weighted by Crippen LogP contribution is 2.27. The number of hydrogen-bond donors (Lipinski definition) is 1. The van der Waals surface area contributed by atoms with E-state index < -0.39 is 5.56 Å². The number of rotatable bonds is 6. The molecule has 0 amide bonds. The van der Waals surface area contributed by atoms with Gasteiger partial charge in [-0.15, -0.1) is 0 Å². The fraction of sp³-hybridized carbons (Fsp3) is 0.435. The Balaban J connectivity index is 1.98. The van der Waals surface area contributed by atoms with Gasteiger partial charge < -0.3 is 9.84 Å². The second-order valence-electron chi connectivity index (χ2n) is 7.73. The SMILES string of the molecule is Cc1c(C=Nc2ccccc2C(C)C)c(O)n(CCN2CCOCC2)c(=O)c1C#N. The molecule has 0 saturated carbocycles. The second-order valence-corrected chi connectivity index (χ2v) is 7.73. The molecular weight excluding hydrogens is 380 g/mol. The number of nitrogens with zero attached hydrogens (tertiary/aromatic N) is 4. The smallest absolute Gasteiger partial charge is 0.271 e. The maximum Gasteiger partial charge on any atom is 0.271 e. The number of nitriles is 1. The van der Waals surface area contributed by atoms with Crippen molar-refractivity contribution in [3.63, 3.8) is 0 Å². The van der Waals surface area contributed by atoms with Crippen LogP contribution in [0, 0.1) is 18.3 Å². The van der Waals surface area contributed by atoms with Gasteiger partial charge in [0.2, 0.25) is 5.88 Å². The molecule has 1 N–H and O–H groups in total. The third-order valence-corrected chi connectivity index (χ3v) is 5.48. The van der Waals surface area contributed by atoms with Gasteiger partial charge in [-0.05, 0) is 30.0 Å². The van der Waals surface area contributed by atoms with Crippen LogP contribution in [-0.4, -0.2) is 53.6 Å². The van der Waals surface area contributed by atoms with Crippen LogP contribution < -0.4 is 5.56 Å². The van der Waals surface area contributed by atoms with Gasteiger partial charge in [-0.1, -0.05) is 32.0 Å². The van der Waals surface area contributed by atoms with Crippen LogP contribution in [0.1, 0.15) is 42.0 Å². The Morgan fingerprint density at radius 2 is 1.97 bits per heavy atom. The monoisotopic (exact) mass is 408 g/mol. The molecule has 2 heterocycles. The van der Waals surface area contributed by atoms with Gasteiger partial charge in [-0.3, -0.25) is 19.3 Å². The molecule has 0 unspecified atom stereocenters. The summed E-state index contributed by atoms with van der Waals surface area (Å²) in [5, 5.41) is 20.4. The molecular formula is C23H28N4O3. The summed E-state index contributed by atoms with van der Waals surface area (Å²) < 4.78 is 6.63. The Morgan fingerprint density at radius 1 is 1.27 bits per heavy atom. The van der Waals surface area contributed by atoms with Gasteiger partial charge in [0.15, 0.2) is 0 Å². The first-order valence-corrected chi connectivity index (χ1v) is 10.2. The predicted octanol–water partition coefficient (Wildman–Crippen LogP) is 2.94. The molecule has 0 atom stereocenters. The molecule has 1 fully saturated rings. The Bertz CT molecular complexity index is 1030. The lowest BCUT2D eigenvalue weighted by atomic mass is 10.0. The lowest BCUT2D eigenvalue weighted by Crippen LogP contribution is -2.39. The number of aromatic hydroxyl groups is 1. The van der Waals surface area contributed by atoms with Crippen molar-refractivity contribution in [1.82, 2.24) is 9.47 Å². The second kappa shape index (κ2) is 9.70. The van der Waals surface area contributed by atoms with E-state index in [1.165, 1.54) is 4.57 Å². The van der Waals surface area contributed by atoms with Crippen LogP contribution in [0.5, 0.6) is 5.88 Å². The molecule has 1 aliphatic rings. The van der Waals surface area contributed by atoms with Gasteiger partial charge in [0.25, 0.3) is 5.56 Å². The van der Waals surface area contributed by atoms with Crippen molar-refractivity contribution >= 4 is 11.9 Å². The molecule has 3 rings (SSSR count). The van der Waals surface area contributed by atoms with Crippen molar-refractivity contribution in [2.45, 2.75) is 33.2 Å². The van der Waals surface area contributed by atoms with Crippen LogP contribution in [-0.2, 0) is 11.3 Å². The van der Waals surface area contributed by atoms with Crippen molar-refractivity contribution in [1.29, 1.82) is 5.26 Å². The van der Waals surface area contributed by atoms with E-state index in [1.807, 2.05) is 30.3 Å². The zero-order valence-electron chi connectivity index (χ0n) is 17.8. The number of benzene rings is 1. The Morgan fingerprint density at radius 3 is 2.63 bits per heavy atom. The van der Waals surface area contributed by atoms with Gasteiger partial charge in [-0.2, -0.15) is 5.26 Å². The summed E-state index contributed by atoms with van der Waals surface area (Å²) in [4.78, 5) is 19.5. The topological polar surface area (TPSA) is 90.8 Å². The van der Waals surface area contributed by atoms with E-state index in [4.69, 9.17) is 4.74 Å². The lowest BCUT2D eigenvalue weighted by Gasteiger charge is -2.27. The van der Waals surface area contributed by atoms with Gasteiger partial charge in [-0.25, -0.2) is 0 Å². The predicted molar refractivity (Wildman–Crippen MR) is 117 cm³/mol. The fourth-order valence-corrected chi connectivity index (χ4v) is 3.63. The summed E-state index contributed by atoms with van der Waals surface area (Å²) in [5.74, 6) is 0.140. The number of hydrogen-bond acceptors (Lipinski definition) is 6. The highest BCUT2D eigenvalue weighted by atomic mass is 16.5. The van der Waals surface area contributed by atoms with Crippen LogP contribution in [0.3, 0.4) is 0 Å². The van der Waals surface area contributed by atoms with E-state index in [0.29, 0.717) is 43.3 Å². The van der Waals surface area contributed by atoms with Crippen LogP contribution in [0.25, 0.3) is 0 Å². The first-order valence-electron chi connectivity index (χ1n) is 10.2. The average molecular weight is 409 g/mol. The van der Waals surface area contributed by atoms with E-state index in [2.05, 4.69) is 23.7 Å². The summed E-state index contributed by atoms with van der Waals surface area (Å²) >= 11 is 0. The first-order chi connectivity index (χ1) is 14.4. The van der Waals surface area contributed by atoms with Crippen LogP contribution >= 0.6 is 0 Å². The van der Waals surface area contributed by atoms with Gasteiger partial charge in [0, 0.05) is 32.4 Å². The summed E-state index contributed by atoms with van der Waals surface area (Å²) in [6, 6.07) is 9.81. The number of pyridine rings is 1. The minimum absolute atomic E-state index is 0.0355. The number of morpholine rings is 1. The molecule has 2 aromatic rings. The first kappa shape index (κ1) is 21.8. The minimum atomic E-state index is -0.472. The Kier molecular flexibility index (Phi) is 7.03. The van der Waals surface area contributed by atoms with E-state index >= 15 is 0 Å². The molecule has 0 radical (unpaired) electrons. The van der Waals surface area contributed by atoms with Gasteiger partial charge in [0.1, 0.15) is 11.6 Å². The zero-order chi connectivity index (χ0) is 21.7. The maximum atomic E-state index is 12.8. The third-order valence-electron chi connectivity index (χ3n) is 5.48. The maximum absolute atomic E-state index is 12.8. The minimum Gasteiger partial charge on any atom is -0.494 e. The van der Waals surface area contributed by atoms with E-state index in [0.717, 1.165) is 24.3 Å². The third kappa shape index (κ3) is 4.61. The van der Waals surface area contributed by atoms with Gasteiger partial charge >= 0.3 is 0 Å². The molecule has 0 spiro atoms. The van der Waals surface area contributed by atoms with Crippen molar-refractivity contribution in [3.8, 4) is 11.9 Å². The molecule has 0 aliphatic carbocycles. The van der Waals surface area contributed by atoms with Crippen LogP contribution in [0.15, 0.2) is 34.1 Å². The molecule has 1 saturated heterocycles. The molecule has 0 bridgehead atoms. The molecule has 1 aromatic carbocycles. The molecule has 1 aromatic heterocycles. The average Bonchev–Trinajstić information content (AvgIpc) is 2.74. The van der Waals surface area contributed by atoms with Crippen molar-refractivity contribution in [2.75, 3.05) is 32.8 Å². The molecule has 1 aliphatic heterocycles. The lowest BCUT2D eigenvalue weighted by molar-refractivity contribution is 0.0360. The van der Waals surface area contributed by atoms with Crippen LogP contribution in [0.2, 0.25) is 0 Å². The van der Waals surface area contributed by atoms with Crippen LogP contribution in [0.4, 0.5) is 5.69 Å². The van der Waals surface area contributed by atoms with E-state index in [1.54, 1.807) is 13.1 Å². The quantitative estimate of drug-likeness (QED) is 0.742. The Labute approximate surface area is 176 Å². The Hall–Kier alpha value is -2.95. The number of aromatic nitrogens is 1. The van der Waals surface area contributed by atoms with Gasteiger partial charge in [0.05, 0.1) is 24.5 Å². The number of aliphatic imine (C=N–C) groups is 1. The molecule has 7 nitrogen and oxygen atoms in total. The highest BCUT2D eigenvalue weighted by Gasteiger charge is 2.19. The summed E-state index contributed by atoms with van der Waals surface area (Å²) in [5.41, 5.74) is 2.29. The summed E-state index contributed by atoms with van der Waals surface area (Å²) in [6.45, 7) is 9.63. The molecule has 30 heavy (non-hydrogen) atoms. The highest BCUT2D eigenvalue weighted by molar-refractivity contribution is 5.87. The summed E-state index contributed by atoms with van der Waals surface area (Å²) in [6.07, 6.45) is 1.55. The number of ether oxygens (including phenoxy) is 1.